The normalized spacial score (nSPS) is 16.9. The molecule has 2 N–H and O–H groups in total. The first kappa shape index (κ1) is 27.9. The van der Waals surface area contributed by atoms with E-state index in [0.29, 0.717) is 15.8 Å². The maximum Gasteiger partial charge on any atom is 0.226 e. The van der Waals surface area contributed by atoms with Gasteiger partial charge in [0.15, 0.2) is 5.11 Å². The number of thiocarbonyl (C=S) groups is 1. The minimum atomic E-state index is -0.182. The van der Waals surface area contributed by atoms with E-state index in [9.17, 15) is 4.79 Å². The lowest BCUT2D eigenvalue weighted by Gasteiger charge is -2.29. The van der Waals surface area contributed by atoms with E-state index in [1.807, 2.05) is 56.4 Å². The molecular weight excluding hydrogens is 538 g/mol. The van der Waals surface area contributed by atoms with E-state index in [1.54, 1.807) is 0 Å². The van der Waals surface area contributed by atoms with Crippen molar-refractivity contribution in [2.24, 2.45) is 5.92 Å². The maximum atomic E-state index is 12.3. The summed E-state index contributed by atoms with van der Waals surface area (Å²) in [7, 11) is 0. The van der Waals surface area contributed by atoms with Crippen molar-refractivity contribution in [2.75, 3.05) is 10.2 Å². The number of carbonyl (C=O) groups is 1. The van der Waals surface area contributed by atoms with E-state index in [-0.39, 0.29) is 23.9 Å². The highest BCUT2D eigenvalue weighted by Crippen LogP contribution is 2.45. The van der Waals surface area contributed by atoms with Crippen molar-refractivity contribution in [3.05, 3.63) is 106 Å². The van der Waals surface area contributed by atoms with Gasteiger partial charge in [0.25, 0.3) is 0 Å². The standard InChI is InChI=1S/C32H34ClN5OS/c1-18(2)31(39)35-26-14-13-23(17-25(26)33)38-30(28(36-32(38)40)27-12-7-8-15-34-27)24-16-21(5)37(22(24)6)29-19(3)10-9-11-20(29)4/h7-18,28,30H,1-6H3,(H,35,39)(H,36,40). The highest BCUT2D eigenvalue weighted by molar-refractivity contribution is 7.80. The molecule has 0 saturated carbocycles. The first-order valence-corrected chi connectivity index (χ1v) is 14.2. The van der Waals surface area contributed by atoms with Gasteiger partial charge in [-0.3, -0.25) is 9.78 Å². The zero-order chi connectivity index (χ0) is 28.7. The molecule has 1 saturated heterocycles. The van der Waals surface area contributed by atoms with Gasteiger partial charge in [-0.05, 0) is 93.0 Å². The summed E-state index contributed by atoms with van der Waals surface area (Å²) in [4.78, 5) is 19.1. The topological polar surface area (TPSA) is 62.2 Å². The van der Waals surface area contributed by atoms with E-state index in [1.165, 1.54) is 16.8 Å². The molecule has 1 aliphatic heterocycles. The van der Waals surface area contributed by atoms with Crippen LogP contribution in [0, 0.1) is 33.6 Å². The molecule has 2 unspecified atom stereocenters. The predicted molar refractivity (Wildman–Crippen MR) is 168 cm³/mol. The molecule has 0 bridgehead atoms. The van der Waals surface area contributed by atoms with Crippen LogP contribution in [0.25, 0.3) is 5.69 Å². The van der Waals surface area contributed by atoms with Gasteiger partial charge < -0.3 is 20.1 Å². The molecule has 3 heterocycles. The summed E-state index contributed by atoms with van der Waals surface area (Å²) in [6.45, 7) is 12.3. The molecule has 206 valence electrons. The second kappa shape index (κ2) is 11.1. The van der Waals surface area contributed by atoms with Gasteiger partial charge in [0.2, 0.25) is 5.91 Å². The Labute approximate surface area is 246 Å². The first-order valence-electron chi connectivity index (χ1n) is 13.4. The number of halogens is 1. The number of aromatic nitrogens is 2. The lowest BCUT2D eigenvalue weighted by atomic mass is 9.96. The Kier molecular flexibility index (Phi) is 7.71. The Morgan fingerprint density at radius 3 is 2.38 bits per heavy atom. The quantitative estimate of drug-likeness (QED) is 0.234. The fourth-order valence-electron chi connectivity index (χ4n) is 5.57. The second-order valence-corrected chi connectivity index (χ2v) is 11.5. The second-order valence-electron chi connectivity index (χ2n) is 10.7. The summed E-state index contributed by atoms with van der Waals surface area (Å²) in [5, 5.41) is 7.50. The number of nitrogens with zero attached hydrogens (tertiary/aromatic N) is 3. The van der Waals surface area contributed by atoms with Gasteiger partial charge in [0.1, 0.15) is 0 Å². The van der Waals surface area contributed by atoms with Crippen molar-refractivity contribution in [1.29, 1.82) is 0 Å². The van der Waals surface area contributed by atoms with Crippen LogP contribution in [0.4, 0.5) is 11.4 Å². The number of anilines is 2. The molecule has 1 fully saturated rings. The van der Waals surface area contributed by atoms with Crippen LogP contribution in [0.15, 0.2) is 66.9 Å². The zero-order valence-electron chi connectivity index (χ0n) is 23.6. The minimum Gasteiger partial charge on any atom is -0.351 e. The van der Waals surface area contributed by atoms with Gasteiger partial charge in [-0.1, -0.05) is 49.7 Å². The highest BCUT2D eigenvalue weighted by atomic mass is 35.5. The van der Waals surface area contributed by atoms with Crippen LogP contribution in [0.2, 0.25) is 5.02 Å². The molecule has 4 aromatic rings. The largest absolute Gasteiger partial charge is 0.351 e. The summed E-state index contributed by atoms with van der Waals surface area (Å²) in [6, 6.07) is 19.9. The van der Waals surface area contributed by atoms with Crippen molar-refractivity contribution >= 4 is 46.2 Å². The predicted octanol–water partition coefficient (Wildman–Crippen LogP) is 7.53. The third-order valence-corrected chi connectivity index (χ3v) is 8.19. The molecule has 6 nitrogen and oxygen atoms in total. The fourth-order valence-corrected chi connectivity index (χ4v) is 6.14. The maximum absolute atomic E-state index is 12.3. The average Bonchev–Trinajstić information content (AvgIpc) is 3.41. The third-order valence-electron chi connectivity index (χ3n) is 7.56. The number of para-hydroxylation sites is 1. The fraction of sp³-hybridized carbons (Fsp3) is 0.281. The van der Waals surface area contributed by atoms with E-state index in [2.05, 4.69) is 72.1 Å². The van der Waals surface area contributed by atoms with Crippen molar-refractivity contribution < 1.29 is 4.79 Å². The Morgan fingerprint density at radius 2 is 1.75 bits per heavy atom. The van der Waals surface area contributed by atoms with Crippen molar-refractivity contribution in [2.45, 2.75) is 53.6 Å². The lowest BCUT2D eigenvalue weighted by Crippen LogP contribution is -2.29. The van der Waals surface area contributed by atoms with Crippen LogP contribution >= 0.6 is 23.8 Å². The minimum absolute atomic E-state index is 0.0833. The summed E-state index contributed by atoms with van der Waals surface area (Å²) >= 11 is 12.6. The first-order chi connectivity index (χ1) is 19.1. The smallest absolute Gasteiger partial charge is 0.226 e. The summed E-state index contributed by atoms with van der Waals surface area (Å²) < 4.78 is 2.34. The van der Waals surface area contributed by atoms with Gasteiger partial charge in [-0.2, -0.15) is 0 Å². The molecule has 5 rings (SSSR count). The highest BCUT2D eigenvalue weighted by Gasteiger charge is 2.42. The number of rotatable bonds is 6. The molecule has 0 spiro atoms. The van der Waals surface area contributed by atoms with E-state index < -0.39 is 0 Å². The summed E-state index contributed by atoms with van der Waals surface area (Å²) in [5.41, 5.74) is 9.40. The lowest BCUT2D eigenvalue weighted by molar-refractivity contribution is -0.118. The van der Waals surface area contributed by atoms with Gasteiger partial charge in [-0.25, -0.2) is 0 Å². The SMILES string of the molecule is Cc1cccc(C)c1-n1c(C)cc(C2C(c3ccccn3)NC(=S)N2c2ccc(NC(=O)C(C)C)c(Cl)c2)c1C. The van der Waals surface area contributed by atoms with E-state index >= 15 is 0 Å². The van der Waals surface area contributed by atoms with Crippen LogP contribution in [0.5, 0.6) is 0 Å². The van der Waals surface area contributed by atoms with E-state index in [0.717, 1.165) is 28.3 Å². The average molecular weight is 572 g/mol. The third kappa shape index (κ3) is 5.00. The Morgan fingerprint density at radius 1 is 1.02 bits per heavy atom. The number of amides is 1. The monoisotopic (exact) mass is 571 g/mol. The number of nitrogens with one attached hydrogen (secondary N) is 2. The number of benzene rings is 2. The van der Waals surface area contributed by atoms with Gasteiger partial charge in [0, 0.05) is 29.2 Å². The van der Waals surface area contributed by atoms with Crippen LogP contribution < -0.4 is 15.5 Å². The summed E-state index contributed by atoms with van der Waals surface area (Å²) in [5.74, 6) is -0.234. The number of aryl methyl sites for hydroxylation is 3. The number of hydrogen-bond donors (Lipinski definition) is 2. The molecular formula is C32H34ClN5OS. The molecule has 2 atom stereocenters. The van der Waals surface area contributed by atoms with Gasteiger partial charge >= 0.3 is 0 Å². The molecule has 40 heavy (non-hydrogen) atoms. The molecule has 2 aromatic carbocycles. The van der Waals surface area contributed by atoms with E-state index in [4.69, 9.17) is 28.8 Å². The van der Waals surface area contributed by atoms with Gasteiger partial charge in [-0.15, -0.1) is 0 Å². The van der Waals surface area contributed by atoms with Crippen LogP contribution in [0.3, 0.4) is 0 Å². The molecule has 8 heteroatoms. The van der Waals surface area contributed by atoms with Crippen molar-refractivity contribution in [3.8, 4) is 5.69 Å². The van der Waals surface area contributed by atoms with Crippen LogP contribution in [0.1, 0.15) is 59.7 Å². The number of pyridine rings is 1. The molecule has 0 radical (unpaired) electrons. The zero-order valence-corrected chi connectivity index (χ0v) is 25.2. The van der Waals surface area contributed by atoms with Crippen molar-refractivity contribution in [1.82, 2.24) is 14.9 Å². The van der Waals surface area contributed by atoms with Crippen molar-refractivity contribution in [3.63, 3.8) is 0 Å². The number of carbonyl (C=O) groups excluding carboxylic acids is 1. The summed E-state index contributed by atoms with van der Waals surface area (Å²) in [6.07, 6.45) is 1.81. The Bertz CT molecular complexity index is 1580. The molecule has 2 aromatic heterocycles. The Balaban J connectivity index is 1.65. The van der Waals surface area contributed by atoms with Gasteiger partial charge in [0.05, 0.1) is 34.2 Å². The molecule has 0 aliphatic carbocycles. The van der Waals surface area contributed by atoms with Crippen LogP contribution in [-0.2, 0) is 4.79 Å². The van der Waals surface area contributed by atoms with Crippen LogP contribution in [-0.4, -0.2) is 20.6 Å². The molecule has 1 aliphatic rings. The molecule has 1 amide bonds. The number of hydrogen-bond acceptors (Lipinski definition) is 3. The Hall–Kier alpha value is -3.68.